The third-order valence-corrected chi connectivity index (χ3v) is 8.34. The highest BCUT2D eigenvalue weighted by Crippen LogP contribution is 2.39. The summed E-state index contributed by atoms with van der Waals surface area (Å²) in [4.78, 5) is 0.0817. The van der Waals surface area contributed by atoms with Gasteiger partial charge in [-0.3, -0.25) is 4.57 Å². The average molecular weight is 415 g/mol. The fraction of sp³-hybridized carbons (Fsp3) is 0.143. The van der Waals surface area contributed by atoms with Crippen LogP contribution in [0.3, 0.4) is 0 Å². The lowest BCUT2D eigenvalue weighted by atomic mass is 10.1. The van der Waals surface area contributed by atoms with Gasteiger partial charge in [0.25, 0.3) is 0 Å². The van der Waals surface area contributed by atoms with Crippen molar-refractivity contribution in [1.29, 1.82) is 0 Å². The topological polar surface area (TPSA) is 72.5 Å². The van der Waals surface area contributed by atoms with Gasteiger partial charge in [-0.2, -0.15) is 12.7 Å². The first-order valence-electron chi connectivity index (χ1n) is 8.74. The lowest BCUT2D eigenvalue weighted by Crippen LogP contribution is -2.30. The maximum Gasteiger partial charge on any atom is 0.313 e. The zero-order valence-corrected chi connectivity index (χ0v) is 17.6. The van der Waals surface area contributed by atoms with E-state index in [1.807, 2.05) is 6.92 Å². The molecule has 5 nitrogen and oxygen atoms in total. The smallest absolute Gasteiger partial charge is 0.294 e. The van der Waals surface area contributed by atoms with Crippen molar-refractivity contribution in [1.82, 2.24) is 5.25 Å². The van der Waals surface area contributed by atoms with E-state index in [1.54, 1.807) is 86.6 Å². The van der Waals surface area contributed by atoms with Gasteiger partial charge in [0, 0.05) is 10.6 Å². The van der Waals surface area contributed by atoms with Crippen molar-refractivity contribution < 1.29 is 17.3 Å². The summed E-state index contributed by atoms with van der Waals surface area (Å²) in [7, 11) is -7.70. The van der Waals surface area contributed by atoms with Crippen molar-refractivity contribution in [2.45, 2.75) is 25.7 Å². The summed E-state index contributed by atoms with van der Waals surface area (Å²) < 4.78 is 44.7. The molecule has 28 heavy (non-hydrogen) atoms. The molecule has 3 aromatic carbocycles. The minimum Gasteiger partial charge on any atom is -0.294 e. The Morgan fingerprint density at radius 2 is 1.21 bits per heavy atom. The molecule has 0 spiro atoms. The van der Waals surface area contributed by atoms with Gasteiger partial charge >= 0.3 is 10.1 Å². The molecular weight excluding hydrogens is 393 g/mol. The summed E-state index contributed by atoms with van der Waals surface area (Å²) in [6.45, 7) is 5.32. The Bertz CT molecular complexity index is 1060. The summed E-state index contributed by atoms with van der Waals surface area (Å²) in [5.41, 5.74) is 2.11. The van der Waals surface area contributed by atoms with Crippen LogP contribution in [0.4, 0.5) is 0 Å². The first kappa shape index (κ1) is 20.5. The summed E-state index contributed by atoms with van der Waals surface area (Å²) in [6.07, 6.45) is 0. The number of benzene rings is 3. The predicted molar refractivity (Wildman–Crippen MR) is 112 cm³/mol. The third kappa shape index (κ3) is 4.10. The number of aryl methyl sites for hydroxylation is 3. The van der Waals surface area contributed by atoms with Crippen LogP contribution in [0.5, 0.6) is 0 Å². The molecule has 0 unspecified atom stereocenters. The van der Waals surface area contributed by atoms with Crippen molar-refractivity contribution in [2.75, 3.05) is 0 Å². The van der Waals surface area contributed by atoms with E-state index < -0.39 is 17.4 Å². The zero-order chi connectivity index (χ0) is 20.4. The molecule has 0 atom stereocenters. The first-order valence-corrected chi connectivity index (χ1v) is 11.9. The Labute approximate surface area is 165 Å². The number of nitrogens with one attached hydrogen (secondary N) is 1. The second-order valence-corrected chi connectivity index (χ2v) is 10.6. The normalized spacial score (nSPS) is 12.1. The Hall–Kier alpha value is -2.24. The van der Waals surface area contributed by atoms with Gasteiger partial charge in [0.05, 0.1) is 0 Å². The van der Waals surface area contributed by atoms with Gasteiger partial charge in [0.2, 0.25) is 7.29 Å². The molecule has 146 valence electrons. The maximum absolute atomic E-state index is 13.8. The summed E-state index contributed by atoms with van der Waals surface area (Å²) in [6, 6.07) is 20.9. The summed E-state index contributed by atoms with van der Waals surface area (Å²) in [5.74, 6) is 0. The van der Waals surface area contributed by atoms with Crippen LogP contribution in [0, 0.1) is 20.8 Å². The highest BCUT2D eigenvalue weighted by atomic mass is 32.2. The summed E-state index contributed by atoms with van der Waals surface area (Å²) >= 11 is 0. The van der Waals surface area contributed by atoms with E-state index in [4.69, 9.17) is 4.28 Å². The lowest BCUT2D eigenvalue weighted by molar-refractivity contribution is 0.275. The van der Waals surface area contributed by atoms with Gasteiger partial charge < -0.3 is 0 Å². The second-order valence-electron chi connectivity index (χ2n) is 6.64. The molecule has 0 aliphatic carbocycles. The molecule has 0 aliphatic rings. The Morgan fingerprint density at radius 1 is 0.786 bits per heavy atom. The first-order chi connectivity index (χ1) is 13.2. The van der Waals surface area contributed by atoms with E-state index in [0.717, 1.165) is 5.56 Å². The van der Waals surface area contributed by atoms with Crippen LogP contribution in [0.25, 0.3) is 0 Å². The van der Waals surface area contributed by atoms with Gasteiger partial charge in [-0.05, 0) is 56.2 Å². The largest absolute Gasteiger partial charge is 0.313 e. The minimum atomic E-state index is -4.17. The van der Waals surface area contributed by atoms with Crippen LogP contribution in [-0.4, -0.2) is 8.42 Å². The highest BCUT2D eigenvalue weighted by molar-refractivity contribution is 7.87. The minimum absolute atomic E-state index is 0.0817. The predicted octanol–water partition coefficient (Wildman–Crippen LogP) is 3.75. The molecule has 3 rings (SSSR count). The third-order valence-electron chi connectivity index (χ3n) is 4.37. The molecule has 0 fully saturated rings. The molecule has 0 amide bonds. The van der Waals surface area contributed by atoms with E-state index in [9.17, 15) is 13.0 Å². The SMILES string of the molecule is Cc1cc(C)c(S(=O)(=O)ONP(=O)(c2ccccc2)c2ccccc2)c(C)c1. The lowest BCUT2D eigenvalue weighted by Gasteiger charge is -2.20. The Kier molecular flexibility index (Phi) is 5.87. The van der Waals surface area contributed by atoms with Gasteiger partial charge in [-0.15, -0.1) is 5.25 Å². The van der Waals surface area contributed by atoms with Gasteiger partial charge in [0.1, 0.15) is 4.90 Å². The fourth-order valence-corrected chi connectivity index (χ4v) is 6.73. The molecule has 0 aromatic heterocycles. The van der Waals surface area contributed by atoms with Crippen LogP contribution in [-0.2, 0) is 19.0 Å². The molecule has 0 heterocycles. The number of hydrogen-bond acceptors (Lipinski definition) is 4. The zero-order valence-electron chi connectivity index (χ0n) is 15.9. The van der Waals surface area contributed by atoms with Crippen LogP contribution in [0.15, 0.2) is 77.7 Å². The standard InChI is InChI=1S/C21H22NO4PS/c1-16-14-17(2)21(18(3)15-16)28(24,25)26-22-27(23,19-10-6-4-7-11-19)20-12-8-5-9-13-20/h4-15H,1-3H3,(H,22,23). The van der Waals surface area contributed by atoms with Gasteiger partial charge in [-0.1, -0.05) is 54.1 Å². The van der Waals surface area contributed by atoms with Crippen molar-refractivity contribution in [3.05, 3.63) is 89.5 Å². The van der Waals surface area contributed by atoms with Crippen LogP contribution in [0.1, 0.15) is 16.7 Å². The Morgan fingerprint density at radius 3 is 1.64 bits per heavy atom. The monoisotopic (exact) mass is 415 g/mol. The number of hydrogen-bond donors (Lipinski definition) is 1. The maximum atomic E-state index is 13.8. The summed E-state index contributed by atoms with van der Waals surface area (Å²) in [5, 5.41) is 3.31. The molecular formula is C21H22NO4PS. The number of rotatable bonds is 6. The fourth-order valence-electron chi connectivity index (χ4n) is 3.23. The molecule has 0 bridgehead atoms. The Balaban J connectivity index is 2.01. The highest BCUT2D eigenvalue weighted by Gasteiger charge is 2.31. The van der Waals surface area contributed by atoms with E-state index >= 15 is 0 Å². The van der Waals surface area contributed by atoms with Crippen molar-refractivity contribution >= 4 is 28.0 Å². The molecule has 0 aliphatic heterocycles. The van der Waals surface area contributed by atoms with Crippen LogP contribution >= 0.6 is 7.29 Å². The van der Waals surface area contributed by atoms with Crippen LogP contribution < -0.4 is 15.9 Å². The molecule has 3 aromatic rings. The van der Waals surface area contributed by atoms with E-state index in [-0.39, 0.29) is 4.90 Å². The molecule has 0 radical (unpaired) electrons. The van der Waals surface area contributed by atoms with Gasteiger partial charge in [0.15, 0.2) is 0 Å². The quantitative estimate of drug-likeness (QED) is 0.490. The van der Waals surface area contributed by atoms with Crippen molar-refractivity contribution in [3.8, 4) is 0 Å². The van der Waals surface area contributed by atoms with Crippen molar-refractivity contribution in [3.63, 3.8) is 0 Å². The van der Waals surface area contributed by atoms with Crippen molar-refractivity contribution in [2.24, 2.45) is 0 Å². The van der Waals surface area contributed by atoms with E-state index in [0.29, 0.717) is 21.7 Å². The molecule has 1 N–H and O–H groups in total. The second kappa shape index (κ2) is 8.02. The molecule has 0 saturated heterocycles. The van der Waals surface area contributed by atoms with E-state index in [2.05, 4.69) is 5.25 Å². The van der Waals surface area contributed by atoms with E-state index in [1.165, 1.54) is 0 Å². The van der Waals surface area contributed by atoms with Gasteiger partial charge in [-0.25, -0.2) is 0 Å². The average Bonchev–Trinajstić information content (AvgIpc) is 2.66. The van der Waals surface area contributed by atoms with Crippen LogP contribution in [0.2, 0.25) is 0 Å². The molecule has 7 heteroatoms. The molecule has 0 saturated carbocycles.